The van der Waals surface area contributed by atoms with Crippen LogP contribution in [0.4, 0.5) is 0 Å². The second-order valence-corrected chi connectivity index (χ2v) is 10.9. The average molecular weight is 521 g/mol. The maximum Gasteiger partial charge on any atom is 0.252 e. The lowest BCUT2D eigenvalue weighted by atomic mass is 9.95. The fraction of sp³-hybridized carbons (Fsp3) is 0.500. The van der Waals surface area contributed by atoms with Crippen LogP contribution in [0.5, 0.6) is 5.75 Å². The molecule has 5 rings (SSSR count). The molecule has 1 atom stereocenters. The Bertz CT molecular complexity index is 1340. The van der Waals surface area contributed by atoms with Crippen molar-refractivity contribution in [3.63, 3.8) is 0 Å². The Labute approximate surface area is 221 Å². The molecule has 0 unspecified atom stereocenters. The highest BCUT2D eigenvalue weighted by Crippen LogP contribution is 2.34. The van der Waals surface area contributed by atoms with Crippen LogP contribution in [0.3, 0.4) is 0 Å². The molecule has 0 aliphatic heterocycles. The highest BCUT2D eigenvalue weighted by molar-refractivity contribution is 7.09. The van der Waals surface area contributed by atoms with E-state index in [9.17, 15) is 4.79 Å². The van der Waals surface area contributed by atoms with Gasteiger partial charge in [0.25, 0.3) is 5.56 Å². The molecule has 9 heteroatoms. The van der Waals surface area contributed by atoms with E-state index in [0.29, 0.717) is 19.2 Å². The second-order valence-electron chi connectivity index (χ2n) is 9.87. The number of nitrogens with zero attached hydrogens (tertiary/aromatic N) is 5. The number of rotatable bonds is 11. The van der Waals surface area contributed by atoms with Crippen LogP contribution in [0.25, 0.3) is 10.9 Å². The highest BCUT2D eigenvalue weighted by Gasteiger charge is 2.30. The Balaban J connectivity index is 1.52. The van der Waals surface area contributed by atoms with Crippen LogP contribution in [0.15, 0.2) is 46.6 Å². The van der Waals surface area contributed by atoms with E-state index >= 15 is 0 Å². The third-order valence-electron chi connectivity index (χ3n) is 7.26. The first-order valence-corrected chi connectivity index (χ1v) is 14.4. The number of nitrogens with one attached hydrogen (secondary N) is 1. The van der Waals surface area contributed by atoms with E-state index in [1.165, 1.54) is 24.1 Å². The normalized spacial score (nSPS) is 15.4. The Morgan fingerprint density at radius 1 is 1.16 bits per heavy atom. The maximum absolute atomic E-state index is 13.2. The van der Waals surface area contributed by atoms with Gasteiger partial charge < -0.3 is 9.72 Å². The van der Waals surface area contributed by atoms with Gasteiger partial charge in [0.1, 0.15) is 5.75 Å². The van der Waals surface area contributed by atoms with Crippen molar-refractivity contribution in [1.82, 2.24) is 30.1 Å². The fourth-order valence-corrected chi connectivity index (χ4v) is 6.19. The molecule has 1 fully saturated rings. The van der Waals surface area contributed by atoms with Gasteiger partial charge in [0.2, 0.25) is 0 Å². The van der Waals surface area contributed by atoms with Gasteiger partial charge in [-0.3, -0.25) is 9.69 Å². The number of benzene rings is 1. The van der Waals surface area contributed by atoms with E-state index in [2.05, 4.69) is 54.5 Å². The zero-order chi connectivity index (χ0) is 25.6. The lowest BCUT2D eigenvalue weighted by molar-refractivity contribution is 0.151. The van der Waals surface area contributed by atoms with Crippen molar-refractivity contribution in [2.24, 2.45) is 0 Å². The Hall–Kier alpha value is -3.04. The summed E-state index contributed by atoms with van der Waals surface area (Å²) in [5, 5.41) is 16.2. The zero-order valence-corrected chi connectivity index (χ0v) is 22.5. The largest absolute Gasteiger partial charge is 0.494 e. The van der Waals surface area contributed by atoms with Crippen molar-refractivity contribution in [3.05, 3.63) is 68.4 Å². The number of hydrogen-bond donors (Lipinski definition) is 1. The maximum atomic E-state index is 13.2. The van der Waals surface area contributed by atoms with Crippen molar-refractivity contribution in [2.45, 2.75) is 84.0 Å². The Morgan fingerprint density at radius 2 is 2.03 bits per heavy atom. The van der Waals surface area contributed by atoms with Gasteiger partial charge in [-0.25, -0.2) is 4.68 Å². The number of H-pyrrole nitrogens is 1. The summed E-state index contributed by atoms with van der Waals surface area (Å²) in [6.07, 6.45) is 7.87. The number of ether oxygens (including phenoxy) is 1. The topological polar surface area (TPSA) is 88.9 Å². The Kier molecular flexibility index (Phi) is 8.31. The van der Waals surface area contributed by atoms with Crippen molar-refractivity contribution >= 4 is 22.2 Å². The van der Waals surface area contributed by atoms with E-state index < -0.39 is 0 Å². The van der Waals surface area contributed by atoms with Crippen molar-refractivity contribution in [1.29, 1.82) is 0 Å². The van der Waals surface area contributed by atoms with Crippen LogP contribution >= 0.6 is 11.3 Å². The van der Waals surface area contributed by atoms with Gasteiger partial charge in [-0.1, -0.05) is 38.7 Å². The molecule has 8 nitrogen and oxygen atoms in total. The molecule has 1 aliphatic carbocycles. The first-order valence-electron chi connectivity index (χ1n) is 13.5. The molecule has 0 radical (unpaired) electrons. The molecular weight excluding hydrogens is 484 g/mol. The van der Waals surface area contributed by atoms with Crippen LogP contribution < -0.4 is 10.3 Å². The SMILES string of the molecule is CCC[C@@H](c1nnnn1C1CCCCC1)N(Cc1cccs1)Cc1cc2cc(OCC)ccc2[nH]c1=O. The van der Waals surface area contributed by atoms with Crippen LogP contribution in [0.2, 0.25) is 0 Å². The summed E-state index contributed by atoms with van der Waals surface area (Å²) >= 11 is 1.74. The lowest BCUT2D eigenvalue weighted by Gasteiger charge is -2.32. The highest BCUT2D eigenvalue weighted by atomic mass is 32.1. The quantitative estimate of drug-likeness (QED) is 0.260. The van der Waals surface area contributed by atoms with Crippen LogP contribution in [-0.4, -0.2) is 36.7 Å². The van der Waals surface area contributed by atoms with Crippen LogP contribution in [0.1, 0.15) is 87.1 Å². The molecule has 0 saturated heterocycles. The summed E-state index contributed by atoms with van der Waals surface area (Å²) < 4.78 is 7.78. The molecule has 0 amide bonds. The number of aromatic amines is 1. The molecule has 1 N–H and O–H groups in total. The molecule has 37 heavy (non-hydrogen) atoms. The summed E-state index contributed by atoms with van der Waals surface area (Å²) in [4.78, 5) is 19.9. The second kappa shape index (κ2) is 12.0. The van der Waals surface area contributed by atoms with E-state index in [-0.39, 0.29) is 11.6 Å². The summed E-state index contributed by atoms with van der Waals surface area (Å²) in [7, 11) is 0. The molecule has 1 saturated carbocycles. The molecule has 3 aromatic heterocycles. The van der Waals surface area contributed by atoms with E-state index in [1.54, 1.807) is 11.3 Å². The average Bonchev–Trinajstić information content (AvgIpc) is 3.61. The zero-order valence-electron chi connectivity index (χ0n) is 21.7. The standard InChI is InChI=1S/C28H36N6O2S/c1-3-9-26(27-30-31-32-34(27)22-10-6-5-7-11-22)33(19-24-12-8-15-37-24)18-21-16-20-17-23(36-4-2)13-14-25(20)29-28(21)35/h8,12-17,22,26H,3-7,9-11,18-19H2,1-2H3,(H,29,35)/t26-/m0/s1. The van der Waals surface area contributed by atoms with Gasteiger partial charge in [0.05, 0.1) is 18.7 Å². The molecule has 0 spiro atoms. The number of aromatic nitrogens is 5. The minimum Gasteiger partial charge on any atom is -0.494 e. The fourth-order valence-electron chi connectivity index (χ4n) is 5.46. The molecular formula is C28H36N6O2S. The van der Waals surface area contributed by atoms with E-state index in [1.807, 2.05) is 31.2 Å². The minimum absolute atomic E-state index is 0.00822. The molecule has 1 aromatic carbocycles. The van der Waals surface area contributed by atoms with Gasteiger partial charge in [0, 0.05) is 34.4 Å². The molecule has 0 bridgehead atoms. The molecule has 3 heterocycles. The number of thiophene rings is 1. The first-order chi connectivity index (χ1) is 18.2. The smallest absolute Gasteiger partial charge is 0.252 e. The minimum atomic E-state index is -0.0602. The monoisotopic (exact) mass is 520 g/mol. The van der Waals surface area contributed by atoms with Crippen LogP contribution in [-0.2, 0) is 13.1 Å². The third kappa shape index (κ3) is 5.93. The molecule has 1 aliphatic rings. The van der Waals surface area contributed by atoms with Gasteiger partial charge in [-0.15, -0.1) is 16.4 Å². The van der Waals surface area contributed by atoms with Crippen molar-refractivity contribution in [3.8, 4) is 5.75 Å². The number of fused-ring (bicyclic) bond motifs is 1. The summed E-state index contributed by atoms with van der Waals surface area (Å²) in [6, 6.07) is 12.4. The van der Waals surface area contributed by atoms with Crippen molar-refractivity contribution in [2.75, 3.05) is 6.61 Å². The number of pyridine rings is 1. The summed E-state index contributed by atoms with van der Waals surface area (Å²) in [6.45, 7) is 6.01. The molecule has 4 aromatic rings. The predicted molar refractivity (Wildman–Crippen MR) is 147 cm³/mol. The van der Waals surface area contributed by atoms with E-state index in [4.69, 9.17) is 4.74 Å². The van der Waals surface area contributed by atoms with Gasteiger partial charge in [-0.05, 0) is 72.3 Å². The van der Waals surface area contributed by atoms with Crippen LogP contribution in [0, 0.1) is 0 Å². The number of hydrogen-bond acceptors (Lipinski definition) is 7. The van der Waals surface area contributed by atoms with Gasteiger partial charge in [0.15, 0.2) is 5.82 Å². The molecule has 196 valence electrons. The van der Waals surface area contributed by atoms with Gasteiger partial charge >= 0.3 is 0 Å². The first kappa shape index (κ1) is 25.6. The number of tetrazole rings is 1. The third-order valence-corrected chi connectivity index (χ3v) is 8.12. The summed E-state index contributed by atoms with van der Waals surface area (Å²) in [5.41, 5.74) is 1.49. The summed E-state index contributed by atoms with van der Waals surface area (Å²) in [5.74, 6) is 1.72. The van der Waals surface area contributed by atoms with E-state index in [0.717, 1.165) is 60.3 Å². The van der Waals surface area contributed by atoms with Gasteiger partial charge in [-0.2, -0.15) is 0 Å². The Morgan fingerprint density at radius 3 is 2.78 bits per heavy atom. The lowest BCUT2D eigenvalue weighted by Crippen LogP contribution is -2.33. The predicted octanol–water partition coefficient (Wildman–Crippen LogP) is 6.02. The van der Waals surface area contributed by atoms with Crippen molar-refractivity contribution < 1.29 is 4.74 Å².